The normalized spacial score (nSPS) is 13.3. The molecule has 1 heteroatoms. The average molecular weight is 291 g/mol. The van der Waals surface area contributed by atoms with Crippen LogP contribution >= 0.6 is 15.9 Å². The summed E-state index contributed by atoms with van der Waals surface area (Å²) in [6.45, 7) is 6.90. The second-order valence-corrected chi connectivity index (χ2v) is 6.79. The van der Waals surface area contributed by atoms with Crippen molar-refractivity contribution < 1.29 is 0 Å². The Balaban J connectivity index is 3.08. The first-order valence-electron chi connectivity index (χ1n) is 7.30. The molecule has 0 rings (SSSR count). The molecule has 98 valence electrons. The molecule has 0 aromatic rings. The zero-order chi connectivity index (χ0) is 12.2. The van der Waals surface area contributed by atoms with Gasteiger partial charge in [-0.2, -0.15) is 0 Å². The van der Waals surface area contributed by atoms with E-state index in [9.17, 15) is 0 Å². The summed E-state index contributed by atoms with van der Waals surface area (Å²) in [7, 11) is 0. The van der Waals surface area contributed by atoms with Gasteiger partial charge in [-0.15, -0.1) is 0 Å². The van der Waals surface area contributed by atoms with Crippen molar-refractivity contribution in [1.82, 2.24) is 0 Å². The molecule has 0 N–H and O–H groups in total. The zero-order valence-electron chi connectivity index (χ0n) is 11.6. The Morgan fingerprint density at radius 2 is 1.31 bits per heavy atom. The molecule has 0 saturated carbocycles. The number of hydrogen-bond donors (Lipinski definition) is 0. The molecule has 1 atom stereocenters. The third-order valence-electron chi connectivity index (χ3n) is 3.10. The molecule has 0 spiro atoms. The average Bonchev–Trinajstić information content (AvgIpc) is 2.21. The Labute approximate surface area is 112 Å². The third-order valence-corrected chi connectivity index (χ3v) is 3.93. The van der Waals surface area contributed by atoms with Gasteiger partial charge in [-0.25, -0.2) is 0 Å². The van der Waals surface area contributed by atoms with Gasteiger partial charge in [0.1, 0.15) is 0 Å². The molecule has 0 nitrogen and oxygen atoms in total. The van der Waals surface area contributed by atoms with Crippen molar-refractivity contribution in [2.75, 3.05) is 0 Å². The molecule has 0 heterocycles. The first-order chi connectivity index (χ1) is 7.66. The number of halogens is 1. The molecule has 0 bridgehead atoms. The summed E-state index contributed by atoms with van der Waals surface area (Å²) in [6, 6.07) is 0. The van der Waals surface area contributed by atoms with E-state index in [1.165, 1.54) is 64.2 Å². The smallest absolute Gasteiger partial charge is 0.0148 e. The lowest BCUT2D eigenvalue weighted by Gasteiger charge is -2.11. The molecule has 0 aliphatic heterocycles. The number of hydrogen-bond acceptors (Lipinski definition) is 0. The molecule has 0 radical (unpaired) electrons. The van der Waals surface area contributed by atoms with E-state index in [4.69, 9.17) is 0 Å². The Hall–Kier alpha value is 0.480. The molecule has 1 unspecified atom stereocenters. The lowest BCUT2D eigenvalue weighted by Crippen LogP contribution is -2.02. The van der Waals surface area contributed by atoms with Crippen molar-refractivity contribution in [1.29, 1.82) is 0 Å². The summed E-state index contributed by atoms with van der Waals surface area (Å²) in [5.41, 5.74) is 0. The maximum atomic E-state index is 3.78. The quantitative estimate of drug-likeness (QED) is 0.308. The molecule has 16 heavy (non-hydrogen) atoms. The van der Waals surface area contributed by atoms with E-state index in [-0.39, 0.29) is 0 Å². The molecular weight excluding hydrogens is 260 g/mol. The van der Waals surface area contributed by atoms with E-state index >= 15 is 0 Å². The Morgan fingerprint density at radius 1 is 0.812 bits per heavy atom. The summed E-state index contributed by atoms with van der Waals surface area (Å²) in [4.78, 5) is 0.757. The SMILES string of the molecule is CCCCCCCCCCC(Br)CC(C)C. The second kappa shape index (κ2) is 12.0. The molecular formula is C15H31Br. The van der Waals surface area contributed by atoms with Crippen LogP contribution in [0.5, 0.6) is 0 Å². The Morgan fingerprint density at radius 3 is 1.81 bits per heavy atom. The van der Waals surface area contributed by atoms with E-state index in [0.29, 0.717) is 0 Å². The van der Waals surface area contributed by atoms with Crippen LogP contribution in [-0.2, 0) is 0 Å². The van der Waals surface area contributed by atoms with Gasteiger partial charge in [-0.3, -0.25) is 0 Å². The molecule has 0 aromatic heterocycles. The third kappa shape index (κ3) is 12.5. The molecule has 0 fully saturated rings. The highest BCUT2D eigenvalue weighted by Gasteiger charge is 2.05. The number of unbranched alkanes of at least 4 members (excludes halogenated alkanes) is 7. The number of rotatable bonds is 11. The standard InChI is InChI=1S/C15H31Br/c1-4-5-6-7-8-9-10-11-12-15(16)13-14(2)3/h14-15H,4-13H2,1-3H3. The Kier molecular flexibility index (Phi) is 12.3. The van der Waals surface area contributed by atoms with Gasteiger partial charge in [0, 0.05) is 4.83 Å². The van der Waals surface area contributed by atoms with Gasteiger partial charge < -0.3 is 0 Å². The fourth-order valence-electron chi connectivity index (χ4n) is 2.13. The molecule has 0 aliphatic carbocycles. The van der Waals surface area contributed by atoms with Crippen molar-refractivity contribution in [3.8, 4) is 0 Å². The largest absolute Gasteiger partial charge is 0.0891 e. The van der Waals surface area contributed by atoms with Crippen LogP contribution in [-0.4, -0.2) is 4.83 Å². The van der Waals surface area contributed by atoms with Gasteiger partial charge in [0.25, 0.3) is 0 Å². The van der Waals surface area contributed by atoms with Crippen LogP contribution in [0.15, 0.2) is 0 Å². The minimum atomic E-state index is 0.757. The van der Waals surface area contributed by atoms with Crippen LogP contribution < -0.4 is 0 Å². The summed E-state index contributed by atoms with van der Waals surface area (Å²) >= 11 is 3.78. The number of alkyl halides is 1. The second-order valence-electron chi connectivity index (χ2n) is 5.49. The molecule has 0 aliphatic rings. The highest BCUT2D eigenvalue weighted by atomic mass is 79.9. The predicted molar refractivity (Wildman–Crippen MR) is 79.4 cm³/mol. The highest BCUT2D eigenvalue weighted by molar-refractivity contribution is 9.09. The van der Waals surface area contributed by atoms with Gasteiger partial charge in [0.15, 0.2) is 0 Å². The van der Waals surface area contributed by atoms with Crippen LogP contribution in [0.25, 0.3) is 0 Å². The first-order valence-corrected chi connectivity index (χ1v) is 8.22. The van der Waals surface area contributed by atoms with Crippen molar-refractivity contribution in [2.24, 2.45) is 5.92 Å². The maximum absolute atomic E-state index is 3.78. The van der Waals surface area contributed by atoms with Gasteiger partial charge in [0.05, 0.1) is 0 Å². The van der Waals surface area contributed by atoms with Crippen LogP contribution in [0, 0.1) is 5.92 Å². The fraction of sp³-hybridized carbons (Fsp3) is 1.00. The predicted octanol–water partition coefficient (Wildman–Crippen LogP) is 6.33. The summed E-state index contributed by atoms with van der Waals surface area (Å²) in [6.07, 6.45) is 14.1. The van der Waals surface area contributed by atoms with E-state index in [1.54, 1.807) is 0 Å². The van der Waals surface area contributed by atoms with Crippen LogP contribution in [0.1, 0.15) is 85.0 Å². The van der Waals surface area contributed by atoms with Gasteiger partial charge in [0.2, 0.25) is 0 Å². The minimum Gasteiger partial charge on any atom is -0.0891 e. The molecule has 0 aromatic carbocycles. The Bertz CT molecular complexity index is 131. The lowest BCUT2D eigenvalue weighted by molar-refractivity contribution is 0.519. The van der Waals surface area contributed by atoms with Crippen molar-refractivity contribution in [3.63, 3.8) is 0 Å². The summed E-state index contributed by atoms with van der Waals surface area (Å²) in [5, 5.41) is 0. The lowest BCUT2D eigenvalue weighted by atomic mass is 10.0. The van der Waals surface area contributed by atoms with Crippen molar-refractivity contribution >= 4 is 15.9 Å². The molecule has 0 saturated heterocycles. The van der Waals surface area contributed by atoms with Crippen molar-refractivity contribution in [3.05, 3.63) is 0 Å². The van der Waals surface area contributed by atoms with Crippen molar-refractivity contribution in [2.45, 2.75) is 89.8 Å². The zero-order valence-corrected chi connectivity index (χ0v) is 13.2. The molecule has 0 amide bonds. The van der Waals surface area contributed by atoms with Crippen LogP contribution in [0.2, 0.25) is 0 Å². The van der Waals surface area contributed by atoms with Gasteiger partial charge in [-0.1, -0.05) is 88.1 Å². The van der Waals surface area contributed by atoms with E-state index in [2.05, 4.69) is 36.7 Å². The van der Waals surface area contributed by atoms with Gasteiger partial charge >= 0.3 is 0 Å². The van der Waals surface area contributed by atoms with E-state index < -0.39 is 0 Å². The maximum Gasteiger partial charge on any atom is 0.0148 e. The fourth-order valence-corrected chi connectivity index (χ4v) is 3.20. The van der Waals surface area contributed by atoms with E-state index in [1.807, 2.05) is 0 Å². The summed E-state index contributed by atoms with van der Waals surface area (Å²) < 4.78 is 0. The minimum absolute atomic E-state index is 0.757. The van der Waals surface area contributed by atoms with Gasteiger partial charge in [-0.05, 0) is 18.8 Å². The topological polar surface area (TPSA) is 0 Å². The summed E-state index contributed by atoms with van der Waals surface area (Å²) in [5.74, 6) is 0.832. The van der Waals surface area contributed by atoms with Crippen LogP contribution in [0.3, 0.4) is 0 Å². The first kappa shape index (κ1) is 16.5. The van der Waals surface area contributed by atoms with Crippen LogP contribution in [0.4, 0.5) is 0 Å². The monoisotopic (exact) mass is 290 g/mol. The highest BCUT2D eigenvalue weighted by Crippen LogP contribution is 2.19. The van der Waals surface area contributed by atoms with E-state index in [0.717, 1.165) is 10.7 Å².